The molecule has 6 nitrogen and oxygen atoms in total. The third-order valence-electron chi connectivity index (χ3n) is 4.32. The lowest BCUT2D eigenvalue weighted by molar-refractivity contribution is -0.130. The van der Waals surface area contributed by atoms with Gasteiger partial charge in [0.25, 0.3) is 0 Å². The maximum Gasteiger partial charge on any atom is 0.219 e. The van der Waals surface area contributed by atoms with Crippen LogP contribution in [0.4, 0.5) is 0 Å². The summed E-state index contributed by atoms with van der Waals surface area (Å²) >= 11 is 0. The van der Waals surface area contributed by atoms with Crippen molar-refractivity contribution in [1.29, 1.82) is 0 Å². The fourth-order valence-corrected chi connectivity index (χ4v) is 3.13. The lowest BCUT2D eigenvalue weighted by atomic mass is 9.94. The third kappa shape index (κ3) is 2.73. The number of piperidine rings is 1. The monoisotopic (exact) mass is 299 g/mol. The second-order valence-electron chi connectivity index (χ2n) is 5.94. The zero-order valence-electron chi connectivity index (χ0n) is 13.3. The number of carbonyl (C=O) groups excluding carboxylic acids is 1. The summed E-state index contributed by atoms with van der Waals surface area (Å²) in [5.74, 6) is 0.396. The molecule has 3 rings (SSSR count). The van der Waals surface area contributed by atoms with Crippen LogP contribution in [0.25, 0.3) is 11.3 Å². The number of carbonyl (C=O) groups is 1. The van der Waals surface area contributed by atoms with Crippen molar-refractivity contribution in [3.8, 4) is 11.3 Å². The van der Waals surface area contributed by atoms with Crippen LogP contribution < -0.4 is 0 Å². The minimum absolute atomic E-state index is 0.135. The molecule has 22 heavy (non-hydrogen) atoms. The second kappa shape index (κ2) is 5.87. The van der Waals surface area contributed by atoms with E-state index in [-0.39, 0.29) is 11.8 Å². The summed E-state index contributed by atoms with van der Waals surface area (Å²) in [7, 11) is 0. The second-order valence-corrected chi connectivity index (χ2v) is 5.94. The zero-order chi connectivity index (χ0) is 15.7. The van der Waals surface area contributed by atoms with Crippen LogP contribution in [0.5, 0.6) is 0 Å². The number of hydrogen-bond donors (Lipinski definition) is 1. The van der Waals surface area contributed by atoms with Crippen LogP contribution >= 0.6 is 0 Å². The molecule has 1 saturated heterocycles. The number of aryl methyl sites for hydroxylation is 2. The maximum absolute atomic E-state index is 11.6. The Balaban J connectivity index is 1.90. The molecular formula is C16H21N5O. The van der Waals surface area contributed by atoms with E-state index in [1.165, 1.54) is 0 Å². The van der Waals surface area contributed by atoms with E-state index in [1.54, 1.807) is 13.1 Å². The number of amides is 1. The van der Waals surface area contributed by atoms with E-state index in [4.69, 9.17) is 4.98 Å². The van der Waals surface area contributed by atoms with Crippen LogP contribution in [0.3, 0.4) is 0 Å². The van der Waals surface area contributed by atoms with Gasteiger partial charge >= 0.3 is 0 Å². The van der Waals surface area contributed by atoms with Gasteiger partial charge in [-0.1, -0.05) is 0 Å². The van der Waals surface area contributed by atoms with Crippen LogP contribution in [0.1, 0.15) is 42.8 Å². The molecule has 6 heteroatoms. The molecule has 1 atom stereocenters. The van der Waals surface area contributed by atoms with E-state index in [2.05, 4.69) is 15.2 Å². The first kappa shape index (κ1) is 14.7. The summed E-state index contributed by atoms with van der Waals surface area (Å²) in [4.78, 5) is 22.7. The number of rotatable bonds is 2. The Bertz CT molecular complexity index is 674. The summed E-state index contributed by atoms with van der Waals surface area (Å²) < 4.78 is 0. The number of hydrogen-bond acceptors (Lipinski definition) is 4. The molecule has 1 amide bonds. The van der Waals surface area contributed by atoms with Crippen molar-refractivity contribution >= 4 is 5.91 Å². The molecule has 0 saturated carbocycles. The average molecular weight is 299 g/mol. The first-order valence-corrected chi connectivity index (χ1v) is 7.65. The molecule has 2 aromatic heterocycles. The van der Waals surface area contributed by atoms with Gasteiger partial charge in [0, 0.05) is 43.4 Å². The first-order valence-electron chi connectivity index (χ1n) is 7.65. The smallest absolute Gasteiger partial charge is 0.219 e. The molecular weight excluding hydrogens is 278 g/mol. The highest BCUT2D eigenvalue weighted by atomic mass is 16.2. The van der Waals surface area contributed by atoms with Gasteiger partial charge in [0.1, 0.15) is 0 Å². The molecule has 1 fully saturated rings. The Morgan fingerprint density at radius 3 is 2.86 bits per heavy atom. The van der Waals surface area contributed by atoms with Crippen LogP contribution in [-0.2, 0) is 4.79 Å². The van der Waals surface area contributed by atoms with E-state index >= 15 is 0 Å². The summed E-state index contributed by atoms with van der Waals surface area (Å²) in [6.07, 6.45) is 5.66. The Hall–Kier alpha value is -2.24. The number of likely N-dealkylation sites (tertiary alicyclic amines) is 1. The lowest BCUT2D eigenvalue weighted by Crippen LogP contribution is -2.37. The molecule has 0 radical (unpaired) electrons. The molecule has 116 valence electrons. The highest BCUT2D eigenvalue weighted by Crippen LogP contribution is 2.28. The highest BCUT2D eigenvalue weighted by Gasteiger charge is 2.24. The minimum Gasteiger partial charge on any atom is -0.342 e. The Morgan fingerprint density at radius 1 is 1.36 bits per heavy atom. The van der Waals surface area contributed by atoms with Gasteiger partial charge in [0.05, 0.1) is 23.3 Å². The largest absolute Gasteiger partial charge is 0.342 e. The maximum atomic E-state index is 11.6. The molecule has 1 aliphatic rings. The third-order valence-corrected chi connectivity index (χ3v) is 4.32. The van der Waals surface area contributed by atoms with E-state index in [0.717, 1.165) is 54.3 Å². The Labute approximate surface area is 130 Å². The lowest BCUT2D eigenvalue weighted by Gasteiger charge is -2.31. The van der Waals surface area contributed by atoms with Crippen LogP contribution in [0.15, 0.2) is 12.4 Å². The van der Waals surface area contributed by atoms with Crippen molar-refractivity contribution in [3.63, 3.8) is 0 Å². The van der Waals surface area contributed by atoms with E-state index in [0.29, 0.717) is 0 Å². The van der Waals surface area contributed by atoms with E-state index in [9.17, 15) is 4.79 Å². The average Bonchev–Trinajstić information content (AvgIpc) is 2.86. The number of aromatic amines is 1. The standard InChI is InChI=1S/C16H21N5O/c1-10-16(11(2)20-19-10)15-8-17-7-14(18-15)13-5-4-6-21(9-13)12(3)22/h7-8,13H,4-6,9H2,1-3H3,(H,19,20)/t13-/m1/s1. The number of H-pyrrole nitrogens is 1. The Morgan fingerprint density at radius 2 is 2.18 bits per heavy atom. The Kier molecular flexibility index (Phi) is 3.92. The minimum atomic E-state index is 0.135. The quantitative estimate of drug-likeness (QED) is 0.922. The van der Waals surface area contributed by atoms with Gasteiger partial charge in [-0.05, 0) is 26.7 Å². The van der Waals surface area contributed by atoms with Crippen molar-refractivity contribution in [1.82, 2.24) is 25.1 Å². The molecule has 3 heterocycles. The molecule has 0 aromatic carbocycles. The van der Waals surface area contributed by atoms with Gasteiger partial charge in [0.2, 0.25) is 5.91 Å². The molecule has 1 N–H and O–H groups in total. The van der Waals surface area contributed by atoms with Crippen molar-refractivity contribution in [2.75, 3.05) is 13.1 Å². The van der Waals surface area contributed by atoms with Crippen LogP contribution in [0, 0.1) is 13.8 Å². The molecule has 0 spiro atoms. The normalized spacial score (nSPS) is 18.5. The predicted molar refractivity (Wildman–Crippen MR) is 83.3 cm³/mol. The summed E-state index contributed by atoms with van der Waals surface area (Å²) in [5.41, 5.74) is 4.76. The zero-order valence-corrected chi connectivity index (χ0v) is 13.3. The first-order chi connectivity index (χ1) is 10.6. The van der Waals surface area contributed by atoms with Crippen LogP contribution in [0.2, 0.25) is 0 Å². The fourth-order valence-electron chi connectivity index (χ4n) is 3.13. The topological polar surface area (TPSA) is 74.8 Å². The number of aromatic nitrogens is 4. The van der Waals surface area contributed by atoms with Gasteiger partial charge in [0.15, 0.2) is 0 Å². The molecule has 0 aliphatic carbocycles. The van der Waals surface area contributed by atoms with Gasteiger partial charge in [-0.2, -0.15) is 5.10 Å². The van der Waals surface area contributed by atoms with Gasteiger partial charge in [-0.3, -0.25) is 14.9 Å². The van der Waals surface area contributed by atoms with Crippen molar-refractivity contribution in [3.05, 3.63) is 29.5 Å². The van der Waals surface area contributed by atoms with Crippen LogP contribution in [-0.4, -0.2) is 44.1 Å². The van der Waals surface area contributed by atoms with E-state index in [1.807, 2.05) is 24.9 Å². The van der Waals surface area contributed by atoms with Crippen molar-refractivity contribution < 1.29 is 4.79 Å². The van der Waals surface area contributed by atoms with E-state index < -0.39 is 0 Å². The molecule has 2 aromatic rings. The summed E-state index contributed by atoms with van der Waals surface area (Å²) in [6, 6.07) is 0. The van der Waals surface area contributed by atoms with Crippen molar-refractivity contribution in [2.45, 2.75) is 39.5 Å². The van der Waals surface area contributed by atoms with Crippen molar-refractivity contribution in [2.24, 2.45) is 0 Å². The summed E-state index contributed by atoms with van der Waals surface area (Å²) in [6.45, 7) is 7.16. The predicted octanol–water partition coefficient (Wildman–Crippen LogP) is 2.21. The highest BCUT2D eigenvalue weighted by molar-refractivity contribution is 5.73. The molecule has 1 aliphatic heterocycles. The summed E-state index contributed by atoms with van der Waals surface area (Å²) in [5, 5.41) is 7.21. The van der Waals surface area contributed by atoms with Gasteiger partial charge in [-0.25, -0.2) is 4.98 Å². The number of nitrogens with one attached hydrogen (secondary N) is 1. The molecule has 0 bridgehead atoms. The molecule has 0 unspecified atom stereocenters. The van der Waals surface area contributed by atoms with Gasteiger partial charge in [-0.15, -0.1) is 0 Å². The fraction of sp³-hybridized carbons (Fsp3) is 0.500. The van der Waals surface area contributed by atoms with Gasteiger partial charge < -0.3 is 4.90 Å². The number of nitrogens with zero attached hydrogens (tertiary/aromatic N) is 4. The SMILES string of the molecule is CC(=O)N1CCC[C@@H](c2cncc(-c3c(C)n[nH]c3C)n2)C1.